The molecule has 0 saturated carbocycles. The first-order valence-electron chi connectivity index (χ1n) is 4.91. The van der Waals surface area contributed by atoms with Crippen LogP contribution in [-0.4, -0.2) is 15.2 Å². The molecular formula is C11H14ClN3. The van der Waals surface area contributed by atoms with Gasteiger partial charge in [0.25, 0.3) is 0 Å². The Morgan fingerprint density at radius 2 is 2.00 bits per heavy atom. The number of rotatable bonds is 0. The highest BCUT2D eigenvalue weighted by molar-refractivity contribution is 6.34. The van der Waals surface area contributed by atoms with E-state index in [4.69, 9.17) is 11.6 Å². The molecule has 0 aliphatic heterocycles. The van der Waals surface area contributed by atoms with Gasteiger partial charge >= 0.3 is 0 Å². The second-order valence-electron chi connectivity index (χ2n) is 4.80. The SMILES string of the molecule is Cc1cc(C(C)(C)C)c2c(Cl)[nH]nc2n1. The average molecular weight is 224 g/mol. The Morgan fingerprint density at radius 3 is 2.60 bits per heavy atom. The highest BCUT2D eigenvalue weighted by Crippen LogP contribution is 2.32. The first-order valence-corrected chi connectivity index (χ1v) is 5.29. The molecule has 0 aliphatic carbocycles. The number of aromatic amines is 1. The predicted octanol–water partition coefficient (Wildman–Crippen LogP) is 3.22. The van der Waals surface area contributed by atoms with Gasteiger partial charge in [0, 0.05) is 5.69 Å². The topological polar surface area (TPSA) is 41.6 Å². The van der Waals surface area contributed by atoms with Crippen LogP contribution < -0.4 is 0 Å². The lowest BCUT2D eigenvalue weighted by molar-refractivity contribution is 0.594. The van der Waals surface area contributed by atoms with E-state index >= 15 is 0 Å². The molecule has 0 fully saturated rings. The molecule has 1 N–H and O–H groups in total. The van der Waals surface area contributed by atoms with Crippen LogP contribution in [0, 0.1) is 6.92 Å². The molecular weight excluding hydrogens is 210 g/mol. The molecule has 0 unspecified atom stereocenters. The quantitative estimate of drug-likeness (QED) is 0.745. The fraction of sp³-hybridized carbons (Fsp3) is 0.455. The number of nitrogens with zero attached hydrogens (tertiary/aromatic N) is 2. The molecule has 80 valence electrons. The van der Waals surface area contributed by atoms with E-state index in [2.05, 4.69) is 42.0 Å². The summed E-state index contributed by atoms with van der Waals surface area (Å²) in [7, 11) is 0. The smallest absolute Gasteiger partial charge is 0.183 e. The van der Waals surface area contributed by atoms with Gasteiger partial charge in [0.2, 0.25) is 0 Å². The maximum absolute atomic E-state index is 6.08. The molecule has 0 aromatic carbocycles. The average Bonchev–Trinajstić information content (AvgIpc) is 2.44. The van der Waals surface area contributed by atoms with E-state index in [1.54, 1.807) is 0 Å². The fourth-order valence-electron chi connectivity index (χ4n) is 1.70. The molecule has 0 saturated heterocycles. The van der Waals surface area contributed by atoms with E-state index in [-0.39, 0.29) is 5.41 Å². The van der Waals surface area contributed by atoms with Crippen LogP contribution in [0.25, 0.3) is 11.0 Å². The Morgan fingerprint density at radius 1 is 1.33 bits per heavy atom. The van der Waals surface area contributed by atoms with E-state index in [0.717, 1.165) is 11.1 Å². The summed E-state index contributed by atoms with van der Waals surface area (Å²) in [5, 5.41) is 8.37. The van der Waals surface area contributed by atoms with Crippen LogP contribution in [0.15, 0.2) is 6.07 Å². The zero-order valence-corrected chi connectivity index (χ0v) is 10.1. The lowest BCUT2D eigenvalue weighted by Crippen LogP contribution is -2.12. The van der Waals surface area contributed by atoms with Gasteiger partial charge in [-0.05, 0) is 24.0 Å². The molecule has 15 heavy (non-hydrogen) atoms. The minimum absolute atomic E-state index is 0.0411. The molecule has 2 rings (SSSR count). The zero-order valence-electron chi connectivity index (χ0n) is 9.35. The maximum atomic E-state index is 6.08. The summed E-state index contributed by atoms with van der Waals surface area (Å²) < 4.78 is 0. The van der Waals surface area contributed by atoms with Crippen molar-refractivity contribution in [1.82, 2.24) is 15.2 Å². The lowest BCUT2D eigenvalue weighted by atomic mass is 9.85. The van der Waals surface area contributed by atoms with Crippen molar-refractivity contribution >= 4 is 22.6 Å². The van der Waals surface area contributed by atoms with Crippen LogP contribution in [-0.2, 0) is 5.41 Å². The third kappa shape index (κ3) is 1.72. The normalized spacial score (nSPS) is 12.3. The number of hydrogen-bond donors (Lipinski definition) is 1. The van der Waals surface area contributed by atoms with Crippen molar-refractivity contribution in [1.29, 1.82) is 0 Å². The van der Waals surface area contributed by atoms with Gasteiger partial charge in [-0.15, -0.1) is 0 Å². The number of H-pyrrole nitrogens is 1. The number of aromatic nitrogens is 3. The minimum Gasteiger partial charge on any atom is -0.264 e. The van der Waals surface area contributed by atoms with E-state index in [1.165, 1.54) is 5.56 Å². The summed E-state index contributed by atoms with van der Waals surface area (Å²) in [5.74, 6) is 0. The first-order chi connectivity index (χ1) is 6.89. The molecule has 3 nitrogen and oxygen atoms in total. The van der Waals surface area contributed by atoms with Crippen LogP contribution >= 0.6 is 11.6 Å². The van der Waals surface area contributed by atoms with Gasteiger partial charge in [-0.1, -0.05) is 32.4 Å². The van der Waals surface area contributed by atoms with Crippen LogP contribution in [0.5, 0.6) is 0 Å². The highest BCUT2D eigenvalue weighted by atomic mass is 35.5. The van der Waals surface area contributed by atoms with Crippen molar-refractivity contribution in [2.24, 2.45) is 0 Å². The number of hydrogen-bond acceptors (Lipinski definition) is 2. The molecule has 4 heteroatoms. The molecule has 0 aliphatic rings. The number of pyridine rings is 1. The van der Waals surface area contributed by atoms with Gasteiger partial charge in [0.15, 0.2) is 5.65 Å². The van der Waals surface area contributed by atoms with Crippen LogP contribution in [0.2, 0.25) is 5.15 Å². The Bertz CT molecular complexity index is 508. The molecule has 0 amide bonds. The van der Waals surface area contributed by atoms with Crippen molar-refractivity contribution in [3.05, 3.63) is 22.5 Å². The highest BCUT2D eigenvalue weighted by Gasteiger charge is 2.21. The van der Waals surface area contributed by atoms with Crippen molar-refractivity contribution in [2.45, 2.75) is 33.1 Å². The van der Waals surface area contributed by atoms with E-state index < -0.39 is 0 Å². The number of fused-ring (bicyclic) bond motifs is 1. The third-order valence-electron chi connectivity index (χ3n) is 2.42. The first kappa shape index (κ1) is 10.4. The zero-order chi connectivity index (χ0) is 11.2. The second kappa shape index (κ2) is 3.20. The maximum Gasteiger partial charge on any atom is 0.183 e. The second-order valence-corrected chi connectivity index (χ2v) is 5.18. The molecule has 2 aromatic rings. The van der Waals surface area contributed by atoms with Crippen LogP contribution in [0.3, 0.4) is 0 Å². The summed E-state index contributed by atoms with van der Waals surface area (Å²) in [6.45, 7) is 8.44. The summed E-state index contributed by atoms with van der Waals surface area (Å²) >= 11 is 6.08. The predicted molar refractivity (Wildman–Crippen MR) is 62.3 cm³/mol. The number of nitrogens with one attached hydrogen (secondary N) is 1. The Labute approximate surface area is 93.9 Å². The molecule has 2 aromatic heterocycles. The fourth-order valence-corrected chi connectivity index (χ4v) is 1.93. The lowest BCUT2D eigenvalue weighted by Gasteiger charge is -2.20. The summed E-state index contributed by atoms with van der Waals surface area (Å²) in [4.78, 5) is 4.34. The Hall–Kier alpha value is -1.09. The van der Waals surface area contributed by atoms with Crippen LogP contribution in [0.1, 0.15) is 32.0 Å². The van der Waals surface area contributed by atoms with Crippen molar-refractivity contribution in [2.75, 3.05) is 0 Å². The van der Waals surface area contributed by atoms with E-state index in [1.807, 2.05) is 6.92 Å². The van der Waals surface area contributed by atoms with E-state index in [9.17, 15) is 0 Å². The summed E-state index contributed by atoms with van der Waals surface area (Å²) in [6, 6.07) is 2.07. The minimum atomic E-state index is 0.0411. The Balaban J connectivity index is 2.87. The van der Waals surface area contributed by atoms with Gasteiger partial charge in [0.1, 0.15) is 5.15 Å². The van der Waals surface area contributed by atoms with Crippen molar-refractivity contribution < 1.29 is 0 Å². The van der Waals surface area contributed by atoms with Crippen molar-refractivity contribution in [3.63, 3.8) is 0 Å². The molecule has 0 spiro atoms. The number of aryl methyl sites for hydroxylation is 1. The van der Waals surface area contributed by atoms with Gasteiger partial charge < -0.3 is 0 Å². The summed E-state index contributed by atoms with van der Waals surface area (Å²) in [5.41, 5.74) is 2.89. The van der Waals surface area contributed by atoms with Gasteiger partial charge in [-0.25, -0.2) is 4.98 Å². The molecule has 0 bridgehead atoms. The van der Waals surface area contributed by atoms with Crippen molar-refractivity contribution in [3.8, 4) is 0 Å². The summed E-state index contributed by atoms with van der Waals surface area (Å²) in [6.07, 6.45) is 0. The monoisotopic (exact) mass is 223 g/mol. The van der Waals surface area contributed by atoms with Gasteiger partial charge in [-0.2, -0.15) is 5.10 Å². The number of halogens is 1. The largest absolute Gasteiger partial charge is 0.264 e. The molecule has 0 radical (unpaired) electrons. The van der Waals surface area contributed by atoms with Gasteiger partial charge in [-0.3, -0.25) is 5.10 Å². The van der Waals surface area contributed by atoms with Crippen LogP contribution in [0.4, 0.5) is 0 Å². The van der Waals surface area contributed by atoms with E-state index in [0.29, 0.717) is 10.8 Å². The third-order valence-corrected chi connectivity index (χ3v) is 2.69. The van der Waals surface area contributed by atoms with Gasteiger partial charge in [0.05, 0.1) is 5.39 Å². The standard InChI is InChI=1S/C11H14ClN3/c1-6-5-7(11(2,3)4)8-9(12)14-15-10(8)13-6/h5H,1-4H3,(H,13,14,15). The Kier molecular flexibility index (Phi) is 2.23. The molecule has 0 atom stereocenters. The molecule has 2 heterocycles.